The number of carbonyl (C=O) groups excluding carboxylic acids is 2. The highest BCUT2D eigenvalue weighted by Crippen LogP contribution is 2.65. The fourth-order valence-corrected chi connectivity index (χ4v) is 6.18. The van der Waals surface area contributed by atoms with Crippen molar-refractivity contribution < 1.29 is 22.8 Å². The molecule has 3 nitrogen and oxygen atoms in total. The van der Waals surface area contributed by atoms with Gasteiger partial charge in [0.1, 0.15) is 4.33 Å². The fourth-order valence-electron chi connectivity index (χ4n) is 3.72. The molecule has 2 aromatic carbocycles. The smallest absolute Gasteiger partial charge is 0.326 e. The number of hydrogen-bond donors (Lipinski definition) is 1. The SMILES string of the molecule is C[C@H](CSCC(F)(F)F)CC(=O)c1cc(NC(=O)C2C(c3cc(Cl)cc(Cl)c3)C2(Cl)Cl)ccc1Cl. The quantitative estimate of drug-likeness (QED) is 0.229. The molecule has 0 heterocycles. The topological polar surface area (TPSA) is 46.2 Å². The normalized spacial score (nSPS) is 19.8. The van der Waals surface area contributed by atoms with Crippen LogP contribution in [-0.2, 0) is 4.79 Å². The average molecular weight is 608 g/mol. The van der Waals surface area contributed by atoms with Crippen LogP contribution in [0.15, 0.2) is 36.4 Å². The van der Waals surface area contributed by atoms with Gasteiger partial charge < -0.3 is 5.32 Å². The van der Waals surface area contributed by atoms with E-state index >= 15 is 0 Å². The van der Waals surface area contributed by atoms with Gasteiger partial charge in [-0.1, -0.05) is 41.7 Å². The second kappa shape index (κ2) is 11.3. The lowest BCUT2D eigenvalue weighted by molar-refractivity contribution is -0.117. The molecule has 0 spiro atoms. The number of Topliss-reactive ketones (excluding diaryl/α,β-unsaturated/α-hetero) is 1. The van der Waals surface area contributed by atoms with Gasteiger partial charge in [-0.2, -0.15) is 24.9 Å². The van der Waals surface area contributed by atoms with Crippen LogP contribution in [0.3, 0.4) is 0 Å². The number of rotatable bonds is 9. The minimum atomic E-state index is -4.26. The second-order valence-corrected chi connectivity index (χ2v) is 12.1. The van der Waals surface area contributed by atoms with Crippen LogP contribution < -0.4 is 5.32 Å². The maximum absolute atomic E-state index is 12.9. The molecule has 1 aliphatic carbocycles. The molecule has 3 rings (SSSR count). The van der Waals surface area contributed by atoms with Gasteiger partial charge in [-0.25, -0.2) is 0 Å². The molecule has 2 aromatic rings. The monoisotopic (exact) mass is 605 g/mol. The predicted molar refractivity (Wildman–Crippen MR) is 139 cm³/mol. The molecule has 12 heteroatoms. The molecule has 3 atom stereocenters. The Morgan fingerprint density at radius 2 is 1.71 bits per heavy atom. The summed E-state index contributed by atoms with van der Waals surface area (Å²) in [6.07, 6.45) is -4.25. The van der Waals surface area contributed by atoms with Crippen LogP contribution in [0.2, 0.25) is 15.1 Å². The van der Waals surface area contributed by atoms with E-state index in [0.29, 0.717) is 21.3 Å². The number of anilines is 1. The zero-order valence-corrected chi connectivity index (χ0v) is 22.7. The molecule has 35 heavy (non-hydrogen) atoms. The highest BCUT2D eigenvalue weighted by atomic mass is 35.5. The van der Waals surface area contributed by atoms with Gasteiger partial charge in [0.2, 0.25) is 5.91 Å². The lowest BCUT2D eigenvalue weighted by Crippen LogP contribution is -2.18. The third-order valence-corrected chi connectivity index (χ3v) is 8.36. The summed E-state index contributed by atoms with van der Waals surface area (Å²) in [5.74, 6) is -3.23. The summed E-state index contributed by atoms with van der Waals surface area (Å²) >= 11 is 31.8. The van der Waals surface area contributed by atoms with Crippen LogP contribution >= 0.6 is 69.8 Å². The zero-order valence-electron chi connectivity index (χ0n) is 18.1. The van der Waals surface area contributed by atoms with Gasteiger partial charge in [0.25, 0.3) is 0 Å². The molecule has 1 amide bonds. The molecule has 0 aromatic heterocycles. The van der Waals surface area contributed by atoms with Crippen molar-refractivity contribution in [3.05, 3.63) is 62.6 Å². The Labute approximate surface area is 230 Å². The van der Waals surface area contributed by atoms with Crippen LogP contribution in [0.25, 0.3) is 0 Å². The highest BCUT2D eigenvalue weighted by molar-refractivity contribution is 7.99. The van der Waals surface area contributed by atoms with Crippen molar-refractivity contribution in [1.29, 1.82) is 0 Å². The highest BCUT2D eigenvalue weighted by Gasteiger charge is 2.67. The molecule has 0 saturated heterocycles. The number of halogens is 8. The Morgan fingerprint density at radius 3 is 2.31 bits per heavy atom. The van der Waals surface area contributed by atoms with Crippen molar-refractivity contribution >= 4 is 87.1 Å². The molecule has 0 bridgehead atoms. The summed E-state index contributed by atoms with van der Waals surface area (Å²) in [7, 11) is 0. The van der Waals surface area contributed by atoms with Crippen LogP contribution in [0.1, 0.15) is 35.2 Å². The van der Waals surface area contributed by atoms with Crippen LogP contribution in [0.5, 0.6) is 0 Å². The van der Waals surface area contributed by atoms with Gasteiger partial charge in [-0.05, 0) is 53.6 Å². The number of thioether (sulfide) groups is 1. The minimum absolute atomic E-state index is 0.00860. The van der Waals surface area contributed by atoms with Gasteiger partial charge >= 0.3 is 6.18 Å². The predicted octanol–water partition coefficient (Wildman–Crippen LogP) is 8.68. The van der Waals surface area contributed by atoms with Crippen molar-refractivity contribution in [2.24, 2.45) is 11.8 Å². The molecular weight excluding hydrogens is 589 g/mol. The van der Waals surface area contributed by atoms with Crippen molar-refractivity contribution in [2.75, 3.05) is 16.8 Å². The Bertz CT molecular complexity index is 1110. The van der Waals surface area contributed by atoms with Crippen molar-refractivity contribution in [1.82, 2.24) is 0 Å². The summed E-state index contributed by atoms with van der Waals surface area (Å²) < 4.78 is 35.6. The Morgan fingerprint density at radius 1 is 1.09 bits per heavy atom. The van der Waals surface area contributed by atoms with Crippen molar-refractivity contribution in [2.45, 2.75) is 29.8 Å². The van der Waals surface area contributed by atoms with Gasteiger partial charge in [-0.3, -0.25) is 9.59 Å². The summed E-state index contributed by atoms with van der Waals surface area (Å²) in [5, 5.41) is 3.64. The van der Waals surface area contributed by atoms with E-state index < -0.39 is 34.0 Å². The summed E-state index contributed by atoms with van der Waals surface area (Å²) in [4.78, 5) is 25.7. The molecule has 190 valence electrons. The first-order valence-electron chi connectivity index (χ1n) is 10.3. The first-order valence-corrected chi connectivity index (χ1v) is 13.4. The average Bonchev–Trinajstić information content (AvgIpc) is 3.29. The van der Waals surface area contributed by atoms with E-state index in [0.717, 1.165) is 11.8 Å². The Kier molecular flexibility index (Phi) is 9.26. The summed E-state index contributed by atoms with van der Waals surface area (Å²) in [6.45, 7) is 1.69. The summed E-state index contributed by atoms with van der Waals surface area (Å²) in [6, 6.07) is 9.24. The largest absolute Gasteiger partial charge is 0.397 e. The molecule has 1 N–H and O–H groups in total. The standard InChI is InChI=1S/C23H19Cl5F3NO2S/c1-11(9-35-10-22(29,30)31)4-18(33)16-8-15(2-3-17(16)26)32-21(34)20-19(23(20,27)28)12-5-13(24)7-14(25)6-12/h2-3,5-8,11,19-20H,4,9-10H2,1H3,(H,32,34)/t11-,19?,20?/m0/s1. The maximum Gasteiger partial charge on any atom is 0.397 e. The molecule has 0 aliphatic heterocycles. The van der Waals surface area contributed by atoms with Crippen LogP contribution in [-0.4, -0.2) is 33.7 Å². The lowest BCUT2D eigenvalue weighted by atomic mass is 10.0. The molecule has 1 fully saturated rings. The number of nitrogens with one attached hydrogen (secondary N) is 1. The molecule has 1 saturated carbocycles. The van der Waals surface area contributed by atoms with Gasteiger partial charge in [0.15, 0.2) is 5.78 Å². The summed E-state index contributed by atoms with van der Waals surface area (Å²) in [5.41, 5.74) is 1.09. The molecule has 2 unspecified atom stereocenters. The van der Waals surface area contributed by atoms with E-state index in [9.17, 15) is 22.8 Å². The number of carbonyl (C=O) groups is 2. The van der Waals surface area contributed by atoms with Gasteiger partial charge in [-0.15, -0.1) is 23.2 Å². The van der Waals surface area contributed by atoms with E-state index in [1.165, 1.54) is 18.2 Å². The number of hydrogen-bond acceptors (Lipinski definition) is 3. The number of ketones is 1. The molecule has 0 radical (unpaired) electrons. The second-order valence-electron chi connectivity index (χ2n) is 8.38. The Balaban J connectivity index is 1.66. The van der Waals surface area contributed by atoms with Crippen molar-refractivity contribution in [3.63, 3.8) is 0 Å². The van der Waals surface area contributed by atoms with E-state index in [4.69, 9.17) is 58.0 Å². The van der Waals surface area contributed by atoms with Gasteiger partial charge in [0.05, 0.1) is 16.7 Å². The number of benzene rings is 2. The van der Waals surface area contributed by atoms with E-state index in [1.54, 1.807) is 25.1 Å². The van der Waals surface area contributed by atoms with E-state index in [2.05, 4.69) is 5.32 Å². The first-order chi connectivity index (χ1) is 16.2. The van der Waals surface area contributed by atoms with Gasteiger partial charge in [0, 0.05) is 33.6 Å². The van der Waals surface area contributed by atoms with Crippen LogP contribution in [0, 0.1) is 11.8 Å². The van der Waals surface area contributed by atoms with E-state index in [-0.39, 0.29) is 34.5 Å². The fraction of sp³-hybridized carbons (Fsp3) is 0.391. The maximum atomic E-state index is 12.9. The molecular formula is C23H19Cl5F3NO2S. The first kappa shape index (κ1) is 28.7. The zero-order chi connectivity index (χ0) is 26.1. The van der Waals surface area contributed by atoms with Crippen molar-refractivity contribution in [3.8, 4) is 0 Å². The van der Waals surface area contributed by atoms with Crippen LogP contribution in [0.4, 0.5) is 18.9 Å². The Hall–Kier alpha value is -0.830. The number of amides is 1. The molecule has 1 aliphatic rings. The number of alkyl halides is 5. The third-order valence-electron chi connectivity index (χ3n) is 5.32. The van der Waals surface area contributed by atoms with E-state index in [1.807, 2.05) is 0 Å². The lowest BCUT2D eigenvalue weighted by Gasteiger charge is -2.13. The minimum Gasteiger partial charge on any atom is -0.326 e. The third kappa shape index (κ3) is 7.59.